The van der Waals surface area contributed by atoms with Crippen molar-refractivity contribution >= 4 is 5.91 Å². The van der Waals surface area contributed by atoms with Crippen molar-refractivity contribution in [3.63, 3.8) is 0 Å². The molecule has 0 saturated heterocycles. The topological polar surface area (TPSA) is 44.1 Å². The molecule has 0 aliphatic carbocycles. The summed E-state index contributed by atoms with van der Waals surface area (Å²) in [6.45, 7) is 9.99. The molecule has 1 amide bonds. The Hall–Kier alpha value is -1.04. The van der Waals surface area contributed by atoms with Gasteiger partial charge in [-0.15, -0.1) is 0 Å². The van der Waals surface area contributed by atoms with E-state index in [1.165, 1.54) is 0 Å². The first-order valence-corrected chi connectivity index (χ1v) is 6.04. The minimum Gasteiger partial charge on any atom is -0.341 e. The number of nitrogens with zero attached hydrogens (tertiary/aromatic N) is 2. The van der Waals surface area contributed by atoms with E-state index in [-0.39, 0.29) is 11.9 Å². The van der Waals surface area contributed by atoms with Crippen molar-refractivity contribution in [3.05, 3.63) is 0 Å². The lowest BCUT2D eigenvalue weighted by atomic mass is 9.82. The normalized spacial score (nSPS) is 13.4. The van der Waals surface area contributed by atoms with E-state index in [0.29, 0.717) is 18.8 Å². The molecular formula is C13H24N2O. The van der Waals surface area contributed by atoms with Crippen LogP contribution in [0.3, 0.4) is 0 Å². The number of carbonyl (C=O) groups excluding carboxylic acids is 1. The third kappa shape index (κ3) is 2.75. The molecule has 0 aliphatic heterocycles. The van der Waals surface area contributed by atoms with Gasteiger partial charge in [-0.25, -0.2) is 0 Å². The van der Waals surface area contributed by atoms with Crippen LogP contribution >= 0.6 is 0 Å². The van der Waals surface area contributed by atoms with Crippen LogP contribution in [0, 0.1) is 22.7 Å². The molecule has 0 saturated carbocycles. The lowest BCUT2D eigenvalue weighted by molar-refractivity contribution is -0.140. The van der Waals surface area contributed by atoms with Crippen molar-refractivity contribution in [1.82, 2.24) is 4.90 Å². The number of hydrogen-bond acceptors (Lipinski definition) is 2. The summed E-state index contributed by atoms with van der Waals surface area (Å²) in [5.41, 5.74) is -0.835. The van der Waals surface area contributed by atoms with Crippen LogP contribution in [-0.2, 0) is 4.79 Å². The van der Waals surface area contributed by atoms with Gasteiger partial charge in [-0.3, -0.25) is 4.79 Å². The van der Waals surface area contributed by atoms with Crippen LogP contribution < -0.4 is 0 Å². The Bertz CT molecular complexity index is 274. The maximum Gasteiger partial charge on any atom is 0.243 e. The molecule has 0 aromatic carbocycles. The highest BCUT2D eigenvalue weighted by Gasteiger charge is 2.38. The quantitative estimate of drug-likeness (QED) is 0.720. The maximum absolute atomic E-state index is 12.3. The highest BCUT2D eigenvalue weighted by atomic mass is 16.2. The lowest BCUT2D eigenvalue weighted by Gasteiger charge is -2.34. The van der Waals surface area contributed by atoms with Crippen LogP contribution in [0.15, 0.2) is 0 Å². The first-order valence-electron chi connectivity index (χ1n) is 6.04. The Balaban J connectivity index is 4.98. The number of nitriles is 1. The zero-order valence-corrected chi connectivity index (χ0v) is 11.4. The summed E-state index contributed by atoms with van der Waals surface area (Å²) in [5, 5.41) is 9.22. The second-order valence-corrected chi connectivity index (χ2v) is 4.80. The van der Waals surface area contributed by atoms with E-state index in [0.717, 1.165) is 0 Å². The van der Waals surface area contributed by atoms with Gasteiger partial charge in [0.25, 0.3) is 0 Å². The van der Waals surface area contributed by atoms with Gasteiger partial charge in [-0.1, -0.05) is 27.7 Å². The predicted molar refractivity (Wildman–Crippen MR) is 65.7 cm³/mol. The van der Waals surface area contributed by atoms with E-state index in [9.17, 15) is 10.1 Å². The maximum atomic E-state index is 12.3. The van der Waals surface area contributed by atoms with Gasteiger partial charge in [0.05, 0.1) is 6.07 Å². The molecular weight excluding hydrogens is 200 g/mol. The number of carbonyl (C=O) groups is 1. The zero-order valence-electron chi connectivity index (χ0n) is 11.4. The van der Waals surface area contributed by atoms with Crippen LogP contribution in [-0.4, -0.2) is 23.9 Å². The van der Waals surface area contributed by atoms with Gasteiger partial charge in [-0.2, -0.15) is 5.26 Å². The molecule has 92 valence electrons. The van der Waals surface area contributed by atoms with Crippen LogP contribution in [0.2, 0.25) is 0 Å². The Morgan fingerprint density at radius 1 is 1.31 bits per heavy atom. The number of rotatable bonds is 5. The molecule has 3 heteroatoms. The Morgan fingerprint density at radius 2 is 1.75 bits per heavy atom. The second kappa shape index (κ2) is 5.89. The summed E-state index contributed by atoms with van der Waals surface area (Å²) < 4.78 is 0. The summed E-state index contributed by atoms with van der Waals surface area (Å²) in [5.74, 6) is 0.361. The minimum atomic E-state index is -0.835. The van der Waals surface area contributed by atoms with Gasteiger partial charge in [0.15, 0.2) is 0 Å². The van der Waals surface area contributed by atoms with Crippen molar-refractivity contribution in [2.45, 2.75) is 53.5 Å². The smallest absolute Gasteiger partial charge is 0.243 e. The third-order valence-corrected chi connectivity index (χ3v) is 3.73. The standard InChI is InChI=1S/C13H24N2O/c1-7-13(8-2,9-14)12(16)15(6)11(5)10(3)4/h10-11H,7-8H2,1-6H3. The zero-order chi connectivity index (χ0) is 12.9. The SMILES string of the molecule is CCC(C#N)(CC)C(=O)N(C)C(C)C(C)C. The van der Waals surface area contributed by atoms with Gasteiger partial charge in [-0.05, 0) is 25.7 Å². The molecule has 16 heavy (non-hydrogen) atoms. The van der Waals surface area contributed by atoms with Gasteiger partial charge in [0.1, 0.15) is 5.41 Å². The van der Waals surface area contributed by atoms with Gasteiger partial charge in [0.2, 0.25) is 5.91 Å². The van der Waals surface area contributed by atoms with Gasteiger partial charge < -0.3 is 4.90 Å². The van der Waals surface area contributed by atoms with E-state index in [1.54, 1.807) is 11.9 Å². The lowest BCUT2D eigenvalue weighted by Crippen LogP contribution is -2.46. The molecule has 0 aliphatic rings. The van der Waals surface area contributed by atoms with E-state index in [4.69, 9.17) is 0 Å². The molecule has 0 bridgehead atoms. The van der Waals surface area contributed by atoms with E-state index >= 15 is 0 Å². The largest absolute Gasteiger partial charge is 0.341 e. The summed E-state index contributed by atoms with van der Waals surface area (Å²) in [6, 6.07) is 2.36. The van der Waals surface area contributed by atoms with Gasteiger partial charge >= 0.3 is 0 Å². The van der Waals surface area contributed by atoms with E-state index in [2.05, 4.69) is 19.9 Å². The summed E-state index contributed by atoms with van der Waals surface area (Å²) in [6.07, 6.45) is 1.15. The summed E-state index contributed by atoms with van der Waals surface area (Å²) >= 11 is 0. The monoisotopic (exact) mass is 224 g/mol. The van der Waals surface area contributed by atoms with Crippen molar-refractivity contribution in [2.24, 2.45) is 11.3 Å². The average molecular weight is 224 g/mol. The summed E-state index contributed by atoms with van der Waals surface area (Å²) in [7, 11) is 1.80. The molecule has 0 aromatic heterocycles. The van der Waals surface area contributed by atoms with Crippen molar-refractivity contribution in [1.29, 1.82) is 5.26 Å². The fraction of sp³-hybridized carbons (Fsp3) is 0.846. The number of amides is 1. The second-order valence-electron chi connectivity index (χ2n) is 4.80. The van der Waals surface area contributed by atoms with Gasteiger partial charge in [0, 0.05) is 13.1 Å². The molecule has 0 N–H and O–H groups in total. The van der Waals surface area contributed by atoms with E-state index < -0.39 is 5.41 Å². The Morgan fingerprint density at radius 3 is 2.00 bits per heavy atom. The fourth-order valence-corrected chi connectivity index (χ4v) is 1.73. The van der Waals surface area contributed by atoms with Crippen LogP contribution in [0.4, 0.5) is 0 Å². The van der Waals surface area contributed by atoms with Crippen molar-refractivity contribution in [2.75, 3.05) is 7.05 Å². The third-order valence-electron chi connectivity index (χ3n) is 3.73. The van der Waals surface area contributed by atoms with Crippen LogP contribution in [0.1, 0.15) is 47.5 Å². The molecule has 0 fully saturated rings. The van der Waals surface area contributed by atoms with E-state index in [1.807, 2.05) is 20.8 Å². The molecule has 0 spiro atoms. The molecule has 3 nitrogen and oxygen atoms in total. The Kier molecular flexibility index (Phi) is 5.50. The predicted octanol–water partition coefficient (Wildman–Crippen LogP) is 2.82. The van der Waals surface area contributed by atoms with Crippen LogP contribution in [0.5, 0.6) is 0 Å². The highest BCUT2D eigenvalue weighted by molar-refractivity contribution is 5.85. The van der Waals surface area contributed by atoms with Crippen molar-refractivity contribution in [3.8, 4) is 6.07 Å². The van der Waals surface area contributed by atoms with Crippen LogP contribution in [0.25, 0.3) is 0 Å². The number of hydrogen-bond donors (Lipinski definition) is 0. The highest BCUT2D eigenvalue weighted by Crippen LogP contribution is 2.29. The summed E-state index contributed by atoms with van der Waals surface area (Å²) in [4.78, 5) is 14.0. The Labute approximate surface area is 99.4 Å². The first kappa shape index (κ1) is 15.0. The first-order chi connectivity index (χ1) is 7.36. The van der Waals surface area contributed by atoms with Crippen molar-refractivity contribution < 1.29 is 4.79 Å². The molecule has 0 aromatic rings. The molecule has 0 heterocycles. The fourth-order valence-electron chi connectivity index (χ4n) is 1.73. The molecule has 0 rings (SSSR count). The average Bonchev–Trinajstić information content (AvgIpc) is 2.29. The molecule has 0 radical (unpaired) electrons. The minimum absolute atomic E-state index is 0.0406. The molecule has 1 unspecified atom stereocenters. The molecule has 1 atom stereocenters.